The number of aromatic nitrogens is 2. The Morgan fingerprint density at radius 2 is 2.43 bits per heavy atom. The number of carbonyl (C=O) groups is 1. The quantitative estimate of drug-likeness (QED) is 0.406. The molecule has 5 heteroatoms. The van der Waals surface area contributed by atoms with Gasteiger partial charge in [-0.2, -0.15) is 0 Å². The molecule has 0 N–H and O–H groups in total. The average Bonchev–Trinajstić information content (AvgIpc) is 2.59. The van der Waals surface area contributed by atoms with Crippen molar-refractivity contribution in [2.45, 2.75) is 25.9 Å². The lowest BCUT2D eigenvalue weighted by Crippen LogP contribution is -2.09. The summed E-state index contributed by atoms with van der Waals surface area (Å²) in [7, 11) is -0.210. The minimum atomic E-state index is -0.210. The lowest BCUT2D eigenvalue weighted by Gasteiger charge is -2.06. The highest BCUT2D eigenvalue weighted by atomic mass is 28.3. The Morgan fingerprint density at radius 1 is 1.64 bits per heavy atom. The summed E-state index contributed by atoms with van der Waals surface area (Å²) in [5.74, 6) is 0. The van der Waals surface area contributed by atoms with Crippen LogP contribution < -0.4 is 0 Å². The molecule has 4 nitrogen and oxygen atoms in total. The summed E-state index contributed by atoms with van der Waals surface area (Å²) in [5, 5.41) is 0. The van der Waals surface area contributed by atoms with E-state index in [2.05, 4.69) is 18.1 Å². The molecule has 1 radical (unpaired) electrons. The fraction of sp³-hybridized carbons (Fsp3) is 0.556. The van der Waals surface area contributed by atoms with Crippen LogP contribution in [-0.2, 0) is 11.5 Å². The van der Waals surface area contributed by atoms with Gasteiger partial charge in [0.2, 0.25) is 0 Å². The Labute approximate surface area is 85.5 Å². The maximum Gasteiger partial charge on any atom is 0.168 e. The van der Waals surface area contributed by atoms with E-state index in [1.165, 1.54) is 6.20 Å². The third-order valence-corrected chi connectivity index (χ3v) is 3.05. The van der Waals surface area contributed by atoms with E-state index < -0.39 is 0 Å². The van der Waals surface area contributed by atoms with Crippen molar-refractivity contribution in [1.82, 2.24) is 9.55 Å². The predicted octanol–water partition coefficient (Wildman–Crippen LogP) is 1.42. The van der Waals surface area contributed by atoms with E-state index in [9.17, 15) is 4.79 Å². The fourth-order valence-corrected chi connectivity index (χ4v) is 1.53. The van der Waals surface area contributed by atoms with Gasteiger partial charge in [0, 0.05) is 15.4 Å². The second-order valence-electron chi connectivity index (χ2n) is 3.40. The van der Waals surface area contributed by atoms with Crippen LogP contribution in [-0.4, -0.2) is 31.2 Å². The molecule has 0 aliphatic carbocycles. The normalized spacial score (nSPS) is 10.8. The van der Waals surface area contributed by atoms with Crippen LogP contribution in [0.1, 0.15) is 10.5 Å². The van der Waals surface area contributed by atoms with E-state index in [1.54, 1.807) is 10.9 Å². The van der Waals surface area contributed by atoms with Crippen LogP contribution in [0.25, 0.3) is 0 Å². The van der Waals surface area contributed by atoms with Gasteiger partial charge in [-0.1, -0.05) is 13.1 Å². The van der Waals surface area contributed by atoms with E-state index in [-0.39, 0.29) is 8.80 Å². The Hall–Kier alpha value is -0.943. The van der Waals surface area contributed by atoms with Gasteiger partial charge >= 0.3 is 0 Å². The van der Waals surface area contributed by atoms with Gasteiger partial charge in [-0.3, -0.25) is 4.79 Å². The van der Waals surface area contributed by atoms with Crippen molar-refractivity contribution in [3.8, 4) is 0 Å². The maximum atomic E-state index is 10.5. The SMILES string of the molecule is C[Si](C)CCOCn1cncc1C=O. The molecule has 0 amide bonds. The molecule has 0 unspecified atom stereocenters. The topological polar surface area (TPSA) is 44.1 Å². The third-order valence-electron chi connectivity index (χ3n) is 1.84. The zero-order valence-corrected chi connectivity index (χ0v) is 9.56. The van der Waals surface area contributed by atoms with Crippen LogP contribution in [0, 0.1) is 0 Å². The van der Waals surface area contributed by atoms with Crippen LogP contribution in [0.15, 0.2) is 12.5 Å². The molecule has 0 aliphatic rings. The smallest absolute Gasteiger partial charge is 0.168 e. The zero-order valence-electron chi connectivity index (χ0n) is 8.56. The van der Waals surface area contributed by atoms with Crippen molar-refractivity contribution in [2.24, 2.45) is 0 Å². The van der Waals surface area contributed by atoms with Gasteiger partial charge < -0.3 is 9.30 Å². The molecule has 0 aliphatic heterocycles. The summed E-state index contributed by atoms with van der Waals surface area (Å²) in [6.07, 6.45) is 3.92. The number of aldehydes is 1. The molecule has 0 aromatic carbocycles. The largest absolute Gasteiger partial charge is 0.361 e. The molecule has 77 valence electrons. The summed E-state index contributed by atoms with van der Waals surface area (Å²) >= 11 is 0. The predicted molar refractivity (Wildman–Crippen MR) is 55.9 cm³/mol. The first kappa shape index (κ1) is 11.1. The molecular weight excluding hydrogens is 196 g/mol. The Kier molecular flexibility index (Phi) is 4.55. The highest BCUT2D eigenvalue weighted by molar-refractivity contribution is 6.55. The van der Waals surface area contributed by atoms with Gasteiger partial charge in [0.15, 0.2) is 6.29 Å². The zero-order chi connectivity index (χ0) is 10.4. The first-order valence-electron chi connectivity index (χ1n) is 4.56. The first-order chi connectivity index (χ1) is 6.74. The molecule has 1 rings (SSSR count). The molecule has 0 atom stereocenters. The summed E-state index contributed by atoms with van der Waals surface area (Å²) < 4.78 is 7.12. The highest BCUT2D eigenvalue weighted by Gasteiger charge is 2.00. The molecule has 0 saturated heterocycles. The second kappa shape index (κ2) is 5.72. The van der Waals surface area contributed by atoms with E-state index in [0.29, 0.717) is 12.4 Å². The number of ether oxygens (including phenoxy) is 1. The monoisotopic (exact) mass is 211 g/mol. The lowest BCUT2D eigenvalue weighted by molar-refractivity contribution is 0.0838. The van der Waals surface area contributed by atoms with E-state index in [4.69, 9.17) is 4.74 Å². The lowest BCUT2D eigenvalue weighted by atomic mass is 10.5. The second-order valence-corrected chi connectivity index (χ2v) is 6.31. The standard InChI is InChI=1S/C9H15N2O2Si/c1-14(2)4-3-13-8-11-7-10-5-9(11)6-12/h5-7H,3-4,8H2,1-2H3. The van der Waals surface area contributed by atoms with Gasteiger partial charge in [0.1, 0.15) is 12.4 Å². The molecule has 14 heavy (non-hydrogen) atoms. The molecule has 1 aromatic rings. The fourth-order valence-electron chi connectivity index (χ4n) is 0.976. The number of rotatable bonds is 6. The molecule has 0 spiro atoms. The number of hydrogen-bond donors (Lipinski definition) is 0. The summed E-state index contributed by atoms with van der Waals surface area (Å²) in [6, 6.07) is 1.13. The third kappa shape index (κ3) is 3.43. The van der Waals surface area contributed by atoms with Gasteiger partial charge in [-0.15, -0.1) is 0 Å². The number of imidazole rings is 1. The molecule has 1 heterocycles. The summed E-state index contributed by atoms with van der Waals surface area (Å²) in [6.45, 7) is 5.69. The highest BCUT2D eigenvalue weighted by Crippen LogP contribution is 1.98. The van der Waals surface area contributed by atoms with Crippen molar-refractivity contribution < 1.29 is 9.53 Å². The molecule has 0 fully saturated rings. The number of hydrogen-bond acceptors (Lipinski definition) is 3. The van der Waals surface area contributed by atoms with Crippen LogP contribution in [0.2, 0.25) is 19.1 Å². The van der Waals surface area contributed by atoms with Crippen LogP contribution >= 0.6 is 0 Å². The minimum absolute atomic E-state index is 0.210. The Bertz CT molecular complexity index is 286. The van der Waals surface area contributed by atoms with Gasteiger partial charge in [-0.05, 0) is 6.04 Å². The molecule has 0 bridgehead atoms. The Morgan fingerprint density at radius 3 is 3.07 bits per heavy atom. The van der Waals surface area contributed by atoms with Crippen molar-refractivity contribution in [2.75, 3.05) is 6.61 Å². The van der Waals surface area contributed by atoms with E-state index in [1.807, 2.05) is 0 Å². The molecular formula is C9H15N2O2Si. The van der Waals surface area contributed by atoms with Crippen LogP contribution in [0.4, 0.5) is 0 Å². The summed E-state index contributed by atoms with van der Waals surface area (Å²) in [5.41, 5.74) is 0.559. The maximum absolute atomic E-state index is 10.5. The average molecular weight is 211 g/mol. The van der Waals surface area contributed by atoms with Crippen molar-refractivity contribution in [3.05, 3.63) is 18.2 Å². The Balaban J connectivity index is 2.27. The summed E-state index contributed by atoms with van der Waals surface area (Å²) in [4.78, 5) is 14.4. The number of carbonyl (C=O) groups excluding carboxylic acids is 1. The van der Waals surface area contributed by atoms with Crippen molar-refractivity contribution in [1.29, 1.82) is 0 Å². The van der Waals surface area contributed by atoms with Gasteiger partial charge in [0.05, 0.1) is 12.5 Å². The van der Waals surface area contributed by atoms with Gasteiger partial charge in [0.25, 0.3) is 0 Å². The molecule has 0 saturated carbocycles. The van der Waals surface area contributed by atoms with E-state index in [0.717, 1.165) is 18.9 Å². The van der Waals surface area contributed by atoms with Crippen molar-refractivity contribution >= 4 is 15.1 Å². The van der Waals surface area contributed by atoms with Crippen molar-refractivity contribution in [3.63, 3.8) is 0 Å². The number of nitrogens with zero attached hydrogens (tertiary/aromatic N) is 2. The first-order valence-corrected chi connectivity index (χ1v) is 7.27. The van der Waals surface area contributed by atoms with Crippen LogP contribution in [0.3, 0.4) is 0 Å². The van der Waals surface area contributed by atoms with Crippen LogP contribution in [0.5, 0.6) is 0 Å². The van der Waals surface area contributed by atoms with E-state index >= 15 is 0 Å². The van der Waals surface area contributed by atoms with Gasteiger partial charge in [-0.25, -0.2) is 4.98 Å². The minimum Gasteiger partial charge on any atom is -0.361 e. The molecule has 1 aromatic heterocycles.